The Balaban J connectivity index is 1.21. The number of fused-ring (bicyclic) bond motifs is 3. The van der Waals surface area contributed by atoms with E-state index in [2.05, 4.69) is 68.3 Å². The van der Waals surface area contributed by atoms with E-state index in [1.165, 1.54) is 24.7 Å². The molecule has 2 fully saturated rings. The Labute approximate surface area is 196 Å². The lowest BCUT2D eigenvalue weighted by Gasteiger charge is -2.37. The molecule has 6 rings (SSSR count). The van der Waals surface area contributed by atoms with Crippen LogP contribution in [0, 0.1) is 0 Å². The first-order valence-corrected chi connectivity index (χ1v) is 11.4. The van der Waals surface area contributed by atoms with Crippen LogP contribution in [-0.4, -0.2) is 61.6 Å². The zero-order chi connectivity index (χ0) is 23.4. The Morgan fingerprint density at radius 1 is 1.18 bits per heavy atom. The van der Waals surface area contributed by atoms with E-state index in [1.54, 1.807) is 16.8 Å². The number of amides is 1. The van der Waals surface area contributed by atoms with Gasteiger partial charge in [-0.15, -0.1) is 0 Å². The van der Waals surface area contributed by atoms with Crippen molar-refractivity contribution in [3.63, 3.8) is 0 Å². The number of rotatable bonds is 6. The van der Waals surface area contributed by atoms with Crippen molar-refractivity contribution in [3.8, 4) is 11.3 Å². The van der Waals surface area contributed by atoms with Crippen LogP contribution in [0.5, 0.6) is 0 Å². The number of primary amides is 1. The molecule has 0 aliphatic carbocycles. The molecule has 3 aromatic heterocycles. The van der Waals surface area contributed by atoms with Crippen molar-refractivity contribution in [1.29, 1.82) is 0 Å². The van der Waals surface area contributed by atoms with Crippen LogP contribution in [0.2, 0.25) is 0 Å². The van der Waals surface area contributed by atoms with Gasteiger partial charge >= 0.3 is 0 Å². The number of benzene rings is 1. The third-order valence-electron chi connectivity index (χ3n) is 6.85. The number of nitrogens with two attached hydrogens (primary N) is 1. The predicted octanol–water partition coefficient (Wildman–Crippen LogP) is 2.90. The van der Waals surface area contributed by atoms with Crippen molar-refractivity contribution in [2.24, 2.45) is 5.73 Å². The van der Waals surface area contributed by atoms with Crippen LogP contribution in [0.4, 0.5) is 17.2 Å². The molecule has 2 aliphatic rings. The lowest BCUT2D eigenvalue weighted by atomic mass is 10.2. The Hall–Kier alpha value is -3.92. The minimum Gasteiger partial charge on any atom is -0.458 e. The number of carbonyl (C=O) groups excluding carboxylic acids is 1. The third-order valence-corrected chi connectivity index (χ3v) is 6.85. The molecule has 1 aromatic carbocycles. The smallest absolute Gasteiger partial charge is 0.284 e. The number of furan rings is 1. The van der Waals surface area contributed by atoms with Crippen LogP contribution < -0.4 is 16.0 Å². The Kier molecular flexibility index (Phi) is 4.77. The summed E-state index contributed by atoms with van der Waals surface area (Å²) in [7, 11) is 0. The highest BCUT2D eigenvalue weighted by atomic mass is 16.3. The maximum Gasteiger partial charge on any atom is 0.284 e. The Bertz CT molecular complexity index is 1360. The second kappa shape index (κ2) is 7.84. The highest BCUT2D eigenvalue weighted by Gasteiger charge is 2.43. The minimum absolute atomic E-state index is 0.0775. The molecule has 0 radical (unpaired) electrons. The first-order valence-electron chi connectivity index (χ1n) is 11.4. The van der Waals surface area contributed by atoms with Crippen LogP contribution in [0.3, 0.4) is 0 Å². The van der Waals surface area contributed by atoms with E-state index in [-0.39, 0.29) is 5.76 Å². The molecule has 10 nitrogen and oxygen atoms in total. The van der Waals surface area contributed by atoms with Gasteiger partial charge in [-0.2, -0.15) is 5.10 Å². The molecular weight excluding hydrogens is 432 g/mol. The molecule has 2 bridgehead atoms. The fourth-order valence-corrected chi connectivity index (χ4v) is 5.22. The summed E-state index contributed by atoms with van der Waals surface area (Å²) in [4.78, 5) is 25.4. The van der Waals surface area contributed by atoms with Gasteiger partial charge in [0.15, 0.2) is 17.2 Å². The van der Waals surface area contributed by atoms with E-state index in [0.29, 0.717) is 40.8 Å². The topological polar surface area (TPSA) is 118 Å². The van der Waals surface area contributed by atoms with Gasteiger partial charge in [0.1, 0.15) is 12.6 Å². The number of hydrogen-bond donors (Lipinski definition) is 2. The molecule has 2 aliphatic heterocycles. The van der Waals surface area contributed by atoms with Gasteiger partial charge in [-0.25, -0.2) is 14.5 Å². The zero-order valence-corrected chi connectivity index (χ0v) is 19.0. The van der Waals surface area contributed by atoms with Gasteiger partial charge in [0, 0.05) is 48.2 Å². The van der Waals surface area contributed by atoms with Crippen molar-refractivity contribution in [2.75, 3.05) is 23.3 Å². The maximum atomic E-state index is 11.4. The van der Waals surface area contributed by atoms with Crippen LogP contribution in [0.25, 0.3) is 16.9 Å². The number of anilines is 3. The number of hydrogen-bond acceptors (Lipinski definition) is 8. The zero-order valence-electron chi connectivity index (χ0n) is 19.0. The number of nitrogens with zero attached hydrogens (tertiary/aromatic N) is 6. The van der Waals surface area contributed by atoms with E-state index in [0.717, 1.165) is 18.8 Å². The lowest BCUT2D eigenvalue weighted by molar-refractivity contribution is 0.0974. The van der Waals surface area contributed by atoms with Crippen LogP contribution in [-0.2, 0) is 0 Å². The van der Waals surface area contributed by atoms with Gasteiger partial charge in [-0.05, 0) is 50.6 Å². The molecule has 0 spiro atoms. The van der Waals surface area contributed by atoms with E-state index in [4.69, 9.17) is 10.2 Å². The average molecular weight is 459 g/mol. The molecule has 4 aromatic rings. The fourth-order valence-electron chi connectivity index (χ4n) is 5.22. The highest BCUT2D eigenvalue weighted by Crippen LogP contribution is 2.36. The SMILES string of the molecule is CC(C)N1CC2CC1CN2c1ccc(Nc2ncc(-c3coc(C(N)=O)c3)n3ncnc23)cc1. The standard InChI is InChI=1S/C24H26N8O2/c1-14(2)30-10-19-8-18(30)11-31(19)17-5-3-16(4-6-17)29-23-24-27-13-28-32(24)20(9-26-23)15-7-21(22(25)33)34-12-15/h3-7,9,12-14,18-19H,8,10-11H2,1-2H3,(H2,25,33)(H,26,29). The number of carbonyl (C=O) groups is 1. The predicted molar refractivity (Wildman–Crippen MR) is 128 cm³/mol. The van der Waals surface area contributed by atoms with Gasteiger partial charge < -0.3 is 20.4 Å². The summed E-state index contributed by atoms with van der Waals surface area (Å²) in [5.74, 6) is 0.0314. The molecule has 10 heteroatoms. The van der Waals surface area contributed by atoms with Gasteiger partial charge in [-0.3, -0.25) is 9.69 Å². The first kappa shape index (κ1) is 20.7. The van der Waals surface area contributed by atoms with Crippen LogP contribution >= 0.6 is 0 Å². The Morgan fingerprint density at radius 2 is 2.00 bits per heavy atom. The van der Waals surface area contributed by atoms with Crippen molar-refractivity contribution < 1.29 is 9.21 Å². The van der Waals surface area contributed by atoms with Crippen molar-refractivity contribution in [3.05, 3.63) is 54.9 Å². The molecule has 2 atom stereocenters. The summed E-state index contributed by atoms with van der Waals surface area (Å²) in [5.41, 5.74) is 9.31. The highest BCUT2D eigenvalue weighted by molar-refractivity contribution is 5.91. The van der Waals surface area contributed by atoms with E-state index in [9.17, 15) is 4.79 Å². The number of nitrogens with one attached hydrogen (secondary N) is 1. The molecule has 2 saturated heterocycles. The van der Waals surface area contributed by atoms with Gasteiger partial charge in [0.25, 0.3) is 5.91 Å². The van der Waals surface area contributed by atoms with Crippen molar-refractivity contribution >= 4 is 28.7 Å². The molecule has 1 amide bonds. The van der Waals surface area contributed by atoms with E-state index in [1.807, 2.05) is 0 Å². The molecule has 2 unspecified atom stereocenters. The molecular formula is C24H26N8O2. The van der Waals surface area contributed by atoms with Gasteiger partial charge in [0.05, 0.1) is 11.9 Å². The van der Waals surface area contributed by atoms with Crippen LogP contribution in [0.1, 0.15) is 30.8 Å². The summed E-state index contributed by atoms with van der Waals surface area (Å²) in [6, 6.07) is 11.9. The largest absolute Gasteiger partial charge is 0.458 e. The lowest BCUT2D eigenvalue weighted by Crippen LogP contribution is -2.48. The van der Waals surface area contributed by atoms with E-state index < -0.39 is 5.91 Å². The maximum absolute atomic E-state index is 11.4. The number of likely N-dealkylation sites (tertiary alicyclic amines) is 1. The molecule has 0 saturated carbocycles. The third kappa shape index (κ3) is 3.38. The second-order valence-electron chi connectivity index (χ2n) is 9.21. The summed E-state index contributed by atoms with van der Waals surface area (Å²) < 4.78 is 6.89. The number of aromatic nitrogens is 4. The van der Waals surface area contributed by atoms with Crippen molar-refractivity contribution in [2.45, 2.75) is 38.4 Å². The number of piperazine rings is 1. The van der Waals surface area contributed by atoms with Crippen molar-refractivity contribution in [1.82, 2.24) is 24.5 Å². The molecule has 174 valence electrons. The summed E-state index contributed by atoms with van der Waals surface area (Å²) in [6.45, 7) is 6.80. The second-order valence-corrected chi connectivity index (χ2v) is 9.21. The first-order chi connectivity index (χ1) is 16.5. The Morgan fingerprint density at radius 3 is 2.68 bits per heavy atom. The monoisotopic (exact) mass is 458 g/mol. The summed E-state index contributed by atoms with van der Waals surface area (Å²) in [5, 5.41) is 7.67. The molecule has 5 heterocycles. The van der Waals surface area contributed by atoms with Crippen LogP contribution in [0.15, 0.2) is 53.5 Å². The molecule has 3 N–H and O–H groups in total. The average Bonchev–Trinajstić information content (AvgIpc) is 3.63. The van der Waals surface area contributed by atoms with Gasteiger partial charge in [0.2, 0.25) is 0 Å². The molecule has 34 heavy (non-hydrogen) atoms. The normalized spacial score (nSPS) is 20.0. The van der Waals surface area contributed by atoms with E-state index >= 15 is 0 Å². The summed E-state index contributed by atoms with van der Waals surface area (Å²) in [6.07, 6.45) is 5.83. The van der Waals surface area contributed by atoms with Gasteiger partial charge in [-0.1, -0.05) is 0 Å². The minimum atomic E-state index is -0.630. The summed E-state index contributed by atoms with van der Waals surface area (Å²) >= 11 is 0. The quantitative estimate of drug-likeness (QED) is 0.453. The fraction of sp³-hybridized carbons (Fsp3) is 0.333.